The molecule has 1 heterocycles. The van der Waals surface area contributed by atoms with E-state index in [-0.39, 0.29) is 0 Å². The molecule has 0 saturated carbocycles. The second-order valence-electron chi connectivity index (χ2n) is 5.55. The summed E-state index contributed by atoms with van der Waals surface area (Å²) in [6, 6.07) is 13.8. The highest BCUT2D eigenvalue weighted by atomic mass is 16.5. The van der Waals surface area contributed by atoms with E-state index < -0.39 is 0 Å². The minimum atomic E-state index is 0.676. The molecule has 0 fully saturated rings. The number of ether oxygens (including phenoxy) is 2. The highest BCUT2D eigenvalue weighted by molar-refractivity contribution is 5.99. The van der Waals surface area contributed by atoms with Gasteiger partial charge in [-0.25, -0.2) is 10.4 Å². The maximum atomic E-state index is 5.35. The number of rotatable bonds is 6. The molecule has 0 aliphatic rings. The lowest BCUT2D eigenvalue weighted by Crippen LogP contribution is -2.05. The molecule has 0 atom stereocenters. The van der Waals surface area contributed by atoms with Gasteiger partial charge in [-0.15, -0.1) is 0 Å². The van der Waals surface area contributed by atoms with Crippen LogP contribution in [0, 0.1) is 0 Å². The number of hydrogen-bond donors (Lipinski definition) is 1. The van der Waals surface area contributed by atoms with Gasteiger partial charge in [0.05, 0.1) is 31.0 Å². The number of benzene rings is 2. The molecule has 0 aliphatic carbocycles. The summed E-state index contributed by atoms with van der Waals surface area (Å²) >= 11 is 0. The Morgan fingerprint density at radius 1 is 1.12 bits per heavy atom. The fraction of sp³-hybridized carbons (Fsp3) is 0.263. The number of hydrazone groups is 1. The van der Waals surface area contributed by atoms with Crippen molar-refractivity contribution in [2.45, 2.75) is 20.4 Å². The highest BCUT2D eigenvalue weighted by Crippen LogP contribution is 2.28. The average Bonchev–Trinajstić information content (AvgIpc) is 3.02. The Morgan fingerprint density at radius 2 is 1.88 bits per heavy atom. The molecule has 25 heavy (non-hydrogen) atoms. The maximum absolute atomic E-state index is 5.35. The van der Waals surface area contributed by atoms with Gasteiger partial charge in [-0.1, -0.05) is 12.1 Å². The van der Waals surface area contributed by atoms with Crippen LogP contribution in [-0.4, -0.2) is 29.5 Å². The van der Waals surface area contributed by atoms with E-state index >= 15 is 0 Å². The van der Waals surface area contributed by atoms with E-state index in [0.717, 1.165) is 34.8 Å². The molecule has 3 aromatic rings. The lowest BCUT2D eigenvalue weighted by atomic mass is 10.1. The van der Waals surface area contributed by atoms with Crippen molar-refractivity contribution in [3.05, 3.63) is 48.0 Å². The van der Waals surface area contributed by atoms with Crippen LogP contribution < -0.4 is 14.9 Å². The quantitative estimate of drug-likeness (QED) is 0.547. The third-order valence-electron chi connectivity index (χ3n) is 4.10. The SMILES string of the molecule is CCn1c(N/N=C(\C)c2ccc(OC)c(OC)c2)nc2ccccc21. The monoisotopic (exact) mass is 338 g/mol. The Labute approximate surface area is 147 Å². The van der Waals surface area contributed by atoms with E-state index in [1.54, 1.807) is 14.2 Å². The molecule has 0 radical (unpaired) electrons. The molecule has 6 nitrogen and oxygen atoms in total. The Balaban J connectivity index is 1.89. The molecule has 0 bridgehead atoms. The summed E-state index contributed by atoms with van der Waals surface area (Å²) in [5.41, 5.74) is 6.90. The number of aryl methyl sites for hydroxylation is 1. The first-order valence-electron chi connectivity index (χ1n) is 8.16. The predicted molar refractivity (Wildman–Crippen MR) is 101 cm³/mol. The lowest BCUT2D eigenvalue weighted by molar-refractivity contribution is 0.355. The van der Waals surface area contributed by atoms with Crippen molar-refractivity contribution in [2.24, 2.45) is 5.10 Å². The number of nitrogens with zero attached hydrogens (tertiary/aromatic N) is 3. The first-order chi connectivity index (χ1) is 12.2. The minimum Gasteiger partial charge on any atom is -0.493 e. The molecule has 0 aliphatic heterocycles. The van der Waals surface area contributed by atoms with Crippen LogP contribution in [0.5, 0.6) is 11.5 Å². The van der Waals surface area contributed by atoms with E-state index in [0.29, 0.717) is 11.5 Å². The molecular weight excluding hydrogens is 316 g/mol. The van der Waals surface area contributed by atoms with E-state index in [1.165, 1.54) is 0 Å². The van der Waals surface area contributed by atoms with Crippen LogP contribution in [0.3, 0.4) is 0 Å². The zero-order valence-electron chi connectivity index (χ0n) is 14.9. The number of imidazole rings is 1. The summed E-state index contributed by atoms with van der Waals surface area (Å²) in [7, 11) is 3.24. The van der Waals surface area contributed by atoms with Gasteiger partial charge in [-0.05, 0) is 44.2 Å². The third kappa shape index (κ3) is 3.28. The van der Waals surface area contributed by atoms with Gasteiger partial charge in [0.25, 0.3) is 0 Å². The summed E-state index contributed by atoms with van der Waals surface area (Å²) in [5.74, 6) is 2.10. The van der Waals surface area contributed by atoms with Crippen molar-refractivity contribution in [2.75, 3.05) is 19.6 Å². The van der Waals surface area contributed by atoms with Crippen LogP contribution in [0.4, 0.5) is 5.95 Å². The zero-order valence-corrected chi connectivity index (χ0v) is 14.9. The molecule has 6 heteroatoms. The van der Waals surface area contributed by atoms with Gasteiger partial charge < -0.3 is 14.0 Å². The van der Waals surface area contributed by atoms with Crippen molar-refractivity contribution in [1.29, 1.82) is 0 Å². The van der Waals surface area contributed by atoms with Gasteiger partial charge in [-0.2, -0.15) is 5.10 Å². The minimum absolute atomic E-state index is 0.676. The number of fused-ring (bicyclic) bond motifs is 1. The van der Waals surface area contributed by atoms with Crippen molar-refractivity contribution in [3.8, 4) is 11.5 Å². The van der Waals surface area contributed by atoms with E-state index in [4.69, 9.17) is 9.47 Å². The number of nitrogens with one attached hydrogen (secondary N) is 1. The molecule has 0 unspecified atom stereocenters. The molecule has 130 valence electrons. The molecule has 2 aromatic carbocycles. The molecular formula is C19H22N4O2. The van der Waals surface area contributed by atoms with E-state index in [1.807, 2.05) is 43.3 Å². The fourth-order valence-corrected chi connectivity index (χ4v) is 2.74. The van der Waals surface area contributed by atoms with Gasteiger partial charge in [-0.3, -0.25) is 0 Å². The van der Waals surface area contributed by atoms with Gasteiger partial charge in [0.1, 0.15) is 0 Å². The molecule has 0 amide bonds. The Hall–Kier alpha value is -3.02. The molecule has 1 aromatic heterocycles. The number of para-hydroxylation sites is 2. The number of methoxy groups -OCH3 is 2. The van der Waals surface area contributed by atoms with Gasteiger partial charge in [0.2, 0.25) is 5.95 Å². The zero-order chi connectivity index (χ0) is 17.8. The van der Waals surface area contributed by atoms with Crippen LogP contribution in [0.2, 0.25) is 0 Å². The van der Waals surface area contributed by atoms with Crippen molar-refractivity contribution < 1.29 is 9.47 Å². The second-order valence-corrected chi connectivity index (χ2v) is 5.55. The van der Waals surface area contributed by atoms with E-state index in [2.05, 4.69) is 33.1 Å². The van der Waals surface area contributed by atoms with Crippen LogP contribution in [0.25, 0.3) is 11.0 Å². The molecule has 3 rings (SSSR count). The topological polar surface area (TPSA) is 60.7 Å². The van der Waals surface area contributed by atoms with Gasteiger partial charge >= 0.3 is 0 Å². The van der Waals surface area contributed by atoms with Gasteiger partial charge in [0, 0.05) is 12.1 Å². The summed E-state index contributed by atoms with van der Waals surface area (Å²) in [6.45, 7) is 4.84. The Morgan fingerprint density at radius 3 is 2.60 bits per heavy atom. The third-order valence-corrected chi connectivity index (χ3v) is 4.10. The molecule has 0 saturated heterocycles. The summed E-state index contributed by atoms with van der Waals surface area (Å²) in [5, 5.41) is 4.49. The standard InChI is InChI=1S/C19H22N4O2/c1-5-23-16-9-7-6-8-15(16)20-19(23)22-21-13(2)14-10-11-17(24-3)18(12-14)25-4/h6-12H,5H2,1-4H3,(H,20,22)/b21-13+. The van der Waals surface area contributed by atoms with Crippen LogP contribution in [0.1, 0.15) is 19.4 Å². The largest absolute Gasteiger partial charge is 0.493 e. The number of anilines is 1. The van der Waals surface area contributed by atoms with E-state index in [9.17, 15) is 0 Å². The van der Waals surface area contributed by atoms with Crippen LogP contribution in [-0.2, 0) is 6.54 Å². The predicted octanol–water partition coefficient (Wildman–Crippen LogP) is 3.91. The summed E-state index contributed by atoms with van der Waals surface area (Å²) < 4.78 is 12.7. The number of hydrogen-bond acceptors (Lipinski definition) is 5. The molecule has 0 spiro atoms. The smallest absolute Gasteiger partial charge is 0.224 e. The first kappa shape index (κ1) is 16.8. The van der Waals surface area contributed by atoms with Crippen molar-refractivity contribution >= 4 is 22.7 Å². The molecule has 1 N–H and O–H groups in total. The second kappa shape index (κ2) is 7.25. The van der Waals surface area contributed by atoms with Gasteiger partial charge in [0.15, 0.2) is 11.5 Å². The summed E-state index contributed by atoms with van der Waals surface area (Å²) in [4.78, 5) is 4.61. The maximum Gasteiger partial charge on any atom is 0.224 e. The Bertz CT molecular complexity index is 915. The summed E-state index contributed by atoms with van der Waals surface area (Å²) in [6.07, 6.45) is 0. The first-order valence-corrected chi connectivity index (χ1v) is 8.16. The van der Waals surface area contributed by atoms with Crippen molar-refractivity contribution in [3.63, 3.8) is 0 Å². The lowest BCUT2D eigenvalue weighted by Gasteiger charge is -2.10. The van der Waals surface area contributed by atoms with Crippen molar-refractivity contribution in [1.82, 2.24) is 9.55 Å². The Kier molecular flexibility index (Phi) is 4.88. The number of aromatic nitrogens is 2. The highest BCUT2D eigenvalue weighted by Gasteiger charge is 2.09. The normalized spacial score (nSPS) is 11.6. The fourth-order valence-electron chi connectivity index (χ4n) is 2.74. The van der Waals surface area contributed by atoms with Crippen LogP contribution >= 0.6 is 0 Å². The van der Waals surface area contributed by atoms with Crippen LogP contribution in [0.15, 0.2) is 47.6 Å². The average molecular weight is 338 g/mol.